The molecule has 0 spiro atoms. The molecule has 0 aliphatic carbocycles. The molecule has 3 aromatic rings. The second-order valence-electron chi connectivity index (χ2n) is 7.01. The van der Waals surface area contributed by atoms with E-state index in [0.29, 0.717) is 11.1 Å². The highest BCUT2D eigenvalue weighted by Crippen LogP contribution is 2.33. The van der Waals surface area contributed by atoms with Crippen LogP contribution in [0.1, 0.15) is 45.7 Å². The summed E-state index contributed by atoms with van der Waals surface area (Å²) >= 11 is 0. The molecule has 3 rings (SSSR count). The Morgan fingerprint density at radius 1 is 0.633 bits per heavy atom. The van der Waals surface area contributed by atoms with Gasteiger partial charge in [-0.3, -0.25) is 0 Å². The number of hydrogen-bond donors (Lipinski definition) is 0. The van der Waals surface area contributed by atoms with E-state index in [9.17, 15) is 9.59 Å². The van der Waals surface area contributed by atoms with Gasteiger partial charge in [0.05, 0.1) is 25.3 Å². The average Bonchev–Trinajstić information content (AvgIpc) is 2.82. The maximum Gasteiger partial charge on any atom is 0.337 e. The third-order valence-electron chi connectivity index (χ3n) is 5.32. The van der Waals surface area contributed by atoms with Crippen molar-refractivity contribution in [2.45, 2.75) is 26.7 Å². The van der Waals surface area contributed by atoms with Gasteiger partial charge in [0.25, 0.3) is 0 Å². The van der Waals surface area contributed by atoms with E-state index < -0.39 is 0 Å². The van der Waals surface area contributed by atoms with Crippen LogP contribution in [-0.2, 0) is 22.3 Å². The summed E-state index contributed by atoms with van der Waals surface area (Å²) < 4.78 is 9.58. The SMILES string of the molecule is CCc1cc(-c2ccc(C(=O)OC)cc2)c(CC)cc1-c1ccc(C(=O)OC)cc1. The normalized spacial score (nSPS) is 10.5. The van der Waals surface area contributed by atoms with Gasteiger partial charge >= 0.3 is 11.9 Å². The van der Waals surface area contributed by atoms with Gasteiger partial charge < -0.3 is 9.47 Å². The minimum Gasteiger partial charge on any atom is -0.465 e. The van der Waals surface area contributed by atoms with Crippen molar-refractivity contribution in [3.05, 3.63) is 82.9 Å². The maximum absolute atomic E-state index is 11.7. The monoisotopic (exact) mass is 402 g/mol. The van der Waals surface area contributed by atoms with Crippen molar-refractivity contribution >= 4 is 11.9 Å². The van der Waals surface area contributed by atoms with Crippen molar-refractivity contribution in [1.29, 1.82) is 0 Å². The van der Waals surface area contributed by atoms with Crippen molar-refractivity contribution in [3.63, 3.8) is 0 Å². The number of ether oxygens (including phenoxy) is 2. The third-order valence-corrected chi connectivity index (χ3v) is 5.32. The second kappa shape index (κ2) is 9.40. The van der Waals surface area contributed by atoms with E-state index in [1.165, 1.54) is 36.5 Å². The van der Waals surface area contributed by atoms with Crippen LogP contribution < -0.4 is 0 Å². The van der Waals surface area contributed by atoms with E-state index in [4.69, 9.17) is 9.47 Å². The van der Waals surface area contributed by atoms with Crippen molar-refractivity contribution < 1.29 is 19.1 Å². The zero-order chi connectivity index (χ0) is 21.7. The Balaban J connectivity index is 2.04. The number of esters is 2. The quantitative estimate of drug-likeness (QED) is 0.495. The highest BCUT2D eigenvalue weighted by molar-refractivity contribution is 5.91. The molecule has 0 saturated carbocycles. The Labute approximate surface area is 177 Å². The van der Waals surface area contributed by atoms with Crippen LogP contribution >= 0.6 is 0 Å². The lowest BCUT2D eigenvalue weighted by Gasteiger charge is -2.16. The van der Waals surface area contributed by atoms with Crippen LogP contribution in [0.15, 0.2) is 60.7 Å². The molecule has 0 heterocycles. The van der Waals surface area contributed by atoms with Gasteiger partial charge in [0.2, 0.25) is 0 Å². The molecule has 154 valence electrons. The summed E-state index contributed by atoms with van der Waals surface area (Å²) in [6.45, 7) is 4.27. The van der Waals surface area contributed by atoms with Crippen molar-refractivity contribution in [2.24, 2.45) is 0 Å². The van der Waals surface area contributed by atoms with E-state index in [-0.39, 0.29) is 11.9 Å². The molecular formula is C26H26O4. The first kappa shape index (κ1) is 21.3. The number of carbonyl (C=O) groups is 2. The maximum atomic E-state index is 11.7. The fourth-order valence-corrected chi connectivity index (χ4v) is 3.62. The van der Waals surface area contributed by atoms with E-state index in [1.54, 1.807) is 24.3 Å². The van der Waals surface area contributed by atoms with E-state index in [1.807, 2.05) is 24.3 Å². The molecular weight excluding hydrogens is 376 g/mol. The lowest BCUT2D eigenvalue weighted by Crippen LogP contribution is -2.01. The molecule has 3 aromatic carbocycles. The highest BCUT2D eigenvalue weighted by Gasteiger charge is 2.13. The van der Waals surface area contributed by atoms with Gasteiger partial charge in [-0.15, -0.1) is 0 Å². The van der Waals surface area contributed by atoms with Crippen molar-refractivity contribution in [3.8, 4) is 22.3 Å². The zero-order valence-electron chi connectivity index (χ0n) is 17.8. The van der Waals surface area contributed by atoms with Crippen LogP contribution in [0.4, 0.5) is 0 Å². The Kier molecular flexibility index (Phi) is 6.68. The lowest BCUT2D eigenvalue weighted by atomic mass is 9.88. The predicted molar refractivity (Wildman–Crippen MR) is 119 cm³/mol. The second-order valence-corrected chi connectivity index (χ2v) is 7.01. The topological polar surface area (TPSA) is 52.6 Å². The first-order valence-corrected chi connectivity index (χ1v) is 10.1. The Hall–Kier alpha value is -3.40. The van der Waals surface area contributed by atoms with Crippen molar-refractivity contribution in [2.75, 3.05) is 14.2 Å². The van der Waals surface area contributed by atoms with Gasteiger partial charge in [-0.25, -0.2) is 9.59 Å². The summed E-state index contributed by atoms with van der Waals surface area (Å²) in [5.41, 5.74) is 8.01. The first-order chi connectivity index (χ1) is 14.5. The Morgan fingerprint density at radius 3 is 1.23 bits per heavy atom. The number of rotatable bonds is 6. The molecule has 4 nitrogen and oxygen atoms in total. The molecule has 0 aliphatic heterocycles. The molecule has 0 fully saturated rings. The number of methoxy groups -OCH3 is 2. The number of aryl methyl sites for hydroxylation is 2. The highest BCUT2D eigenvalue weighted by atomic mass is 16.5. The van der Waals surface area contributed by atoms with Crippen molar-refractivity contribution in [1.82, 2.24) is 0 Å². The lowest BCUT2D eigenvalue weighted by molar-refractivity contribution is 0.0592. The fraction of sp³-hybridized carbons (Fsp3) is 0.231. The van der Waals surface area contributed by atoms with Crippen LogP contribution in [0.5, 0.6) is 0 Å². The molecule has 0 bridgehead atoms. The summed E-state index contributed by atoms with van der Waals surface area (Å²) in [6, 6.07) is 19.5. The minimum absolute atomic E-state index is 0.336. The number of carbonyl (C=O) groups excluding carboxylic acids is 2. The molecule has 0 saturated heterocycles. The third kappa shape index (κ3) is 4.28. The van der Waals surface area contributed by atoms with E-state index in [2.05, 4.69) is 26.0 Å². The van der Waals surface area contributed by atoms with E-state index in [0.717, 1.165) is 24.0 Å². The van der Waals surface area contributed by atoms with Gasteiger partial charge in [-0.05, 0) is 70.5 Å². The summed E-state index contributed by atoms with van der Waals surface area (Å²) in [7, 11) is 2.77. The molecule has 4 heteroatoms. The van der Waals surface area contributed by atoms with Gasteiger partial charge in [-0.1, -0.05) is 50.2 Å². The first-order valence-electron chi connectivity index (χ1n) is 10.1. The summed E-state index contributed by atoms with van der Waals surface area (Å²) in [4.78, 5) is 23.4. The summed E-state index contributed by atoms with van der Waals surface area (Å²) in [6.07, 6.45) is 1.76. The Morgan fingerprint density at radius 2 is 0.967 bits per heavy atom. The minimum atomic E-state index is -0.336. The smallest absolute Gasteiger partial charge is 0.337 e. The molecule has 0 aromatic heterocycles. The number of hydrogen-bond acceptors (Lipinski definition) is 4. The standard InChI is InChI=1S/C26H26O4/c1-5-17-15-24(20-9-13-22(14-10-20)26(28)30-4)18(6-2)16-23(17)19-7-11-21(12-8-19)25(27)29-3/h7-16H,5-6H2,1-4H3. The summed E-state index contributed by atoms with van der Waals surface area (Å²) in [5, 5.41) is 0. The van der Waals surface area contributed by atoms with Gasteiger partial charge in [0.1, 0.15) is 0 Å². The molecule has 0 unspecified atom stereocenters. The van der Waals surface area contributed by atoms with Crippen LogP contribution in [0.25, 0.3) is 22.3 Å². The van der Waals surface area contributed by atoms with Gasteiger partial charge in [0, 0.05) is 0 Å². The summed E-state index contributed by atoms with van der Waals surface area (Å²) in [5.74, 6) is -0.672. The molecule has 0 atom stereocenters. The average molecular weight is 402 g/mol. The zero-order valence-corrected chi connectivity index (χ0v) is 17.8. The molecule has 30 heavy (non-hydrogen) atoms. The van der Waals surface area contributed by atoms with Gasteiger partial charge in [0.15, 0.2) is 0 Å². The van der Waals surface area contributed by atoms with E-state index >= 15 is 0 Å². The molecule has 0 N–H and O–H groups in total. The van der Waals surface area contributed by atoms with Crippen LogP contribution in [0.3, 0.4) is 0 Å². The molecule has 0 radical (unpaired) electrons. The van der Waals surface area contributed by atoms with Crippen LogP contribution in [-0.4, -0.2) is 26.2 Å². The predicted octanol–water partition coefficient (Wildman–Crippen LogP) is 5.72. The van der Waals surface area contributed by atoms with Crippen LogP contribution in [0, 0.1) is 0 Å². The van der Waals surface area contributed by atoms with Gasteiger partial charge in [-0.2, -0.15) is 0 Å². The number of benzene rings is 3. The largest absolute Gasteiger partial charge is 0.465 e. The van der Waals surface area contributed by atoms with Crippen LogP contribution in [0.2, 0.25) is 0 Å². The Bertz CT molecular complexity index is 960. The fourth-order valence-electron chi connectivity index (χ4n) is 3.62. The molecule has 0 aliphatic rings. The molecule has 0 amide bonds.